The molecule has 0 aliphatic heterocycles. The van der Waals surface area contributed by atoms with E-state index in [-0.39, 0.29) is 16.6 Å². The Balaban J connectivity index is 2.89. The number of unbranched alkanes of at least 4 members (excludes halogenated alkanes) is 1. The Bertz CT molecular complexity index is 389. The monoisotopic (exact) mass is 303 g/mol. The number of sulfone groups is 1. The third-order valence-corrected chi connectivity index (χ3v) is 7.85. The van der Waals surface area contributed by atoms with Gasteiger partial charge in [-0.15, -0.1) is 0 Å². The normalized spacial score (nSPS) is 28.6. The highest BCUT2D eigenvalue weighted by Crippen LogP contribution is 2.44. The van der Waals surface area contributed by atoms with Crippen molar-refractivity contribution >= 4 is 9.84 Å². The molecule has 0 radical (unpaired) electrons. The summed E-state index contributed by atoms with van der Waals surface area (Å²) in [6, 6.07) is 0. The Morgan fingerprint density at radius 1 is 1.20 bits per heavy atom. The Hall–Kier alpha value is -0.0900. The van der Waals surface area contributed by atoms with Gasteiger partial charge in [0.15, 0.2) is 9.84 Å². The summed E-state index contributed by atoms with van der Waals surface area (Å²) in [6.45, 7) is 9.30. The van der Waals surface area contributed by atoms with Gasteiger partial charge >= 0.3 is 0 Å². The molecule has 0 spiro atoms. The standard InChI is InChI=1S/C16H33NO2S/c1-5-7-10-20(18,19)15-11-14(16(3,4)6-2)9-8-13(15)12-17/h13-15H,5-12,17H2,1-4H3. The first kappa shape index (κ1) is 18.0. The van der Waals surface area contributed by atoms with Gasteiger partial charge in [-0.1, -0.05) is 40.5 Å². The molecule has 0 aromatic rings. The van der Waals surface area contributed by atoms with Gasteiger partial charge in [0, 0.05) is 0 Å². The fourth-order valence-electron chi connectivity index (χ4n) is 3.40. The molecule has 0 aromatic carbocycles. The van der Waals surface area contributed by atoms with E-state index in [1.54, 1.807) is 0 Å². The van der Waals surface area contributed by atoms with Crippen LogP contribution in [-0.2, 0) is 9.84 Å². The Labute approximate surface area is 125 Å². The minimum Gasteiger partial charge on any atom is -0.330 e. The fraction of sp³-hybridized carbons (Fsp3) is 1.00. The summed E-state index contributed by atoms with van der Waals surface area (Å²) in [5.74, 6) is 1.02. The van der Waals surface area contributed by atoms with Crippen molar-refractivity contribution in [2.45, 2.75) is 71.5 Å². The van der Waals surface area contributed by atoms with Crippen LogP contribution in [0.3, 0.4) is 0 Å². The number of rotatable bonds is 7. The molecule has 1 saturated carbocycles. The van der Waals surface area contributed by atoms with Gasteiger partial charge in [0.25, 0.3) is 0 Å². The smallest absolute Gasteiger partial charge is 0.153 e. The first-order valence-electron chi connectivity index (χ1n) is 8.20. The highest BCUT2D eigenvalue weighted by atomic mass is 32.2. The summed E-state index contributed by atoms with van der Waals surface area (Å²) in [7, 11) is -2.99. The van der Waals surface area contributed by atoms with Gasteiger partial charge in [-0.25, -0.2) is 8.42 Å². The molecule has 3 nitrogen and oxygen atoms in total. The zero-order chi connectivity index (χ0) is 15.4. The summed E-state index contributed by atoms with van der Waals surface area (Å²) in [4.78, 5) is 0. The molecular formula is C16H33NO2S. The fourth-order valence-corrected chi connectivity index (χ4v) is 5.75. The number of nitrogens with two attached hydrogens (primary N) is 1. The van der Waals surface area contributed by atoms with Gasteiger partial charge in [-0.05, 0) is 49.5 Å². The van der Waals surface area contributed by atoms with Crippen LogP contribution in [-0.4, -0.2) is 26.0 Å². The Kier molecular flexibility index (Phi) is 6.52. The molecule has 0 bridgehead atoms. The Morgan fingerprint density at radius 2 is 1.85 bits per heavy atom. The third-order valence-electron chi connectivity index (χ3n) is 5.49. The molecule has 4 heteroatoms. The summed E-state index contributed by atoms with van der Waals surface area (Å²) in [5, 5.41) is -0.205. The van der Waals surface area contributed by atoms with Crippen molar-refractivity contribution in [3.8, 4) is 0 Å². The predicted octanol–water partition coefficient (Wildman–Crippen LogP) is 3.38. The minimum atomic E-state index is -2.99. The maximum absolute atomic E-state index is 12.6. The van der Waals surface area contributed by atoms with Gasteiger partial charge < -0.3 is 5.73 Å². The van der Waals surface area contributed by atoms with Crippen molar-refractivity contribution in [2.75, 3.05) is 12.3 Å². The summed E-state index contributed by atoms with van der Waals surface area (Å²) in [5.41, 5.74) is 6.08. The van der Waals surface area contributed by atoms with Crippen LogP contribution in [0.15, 0.2) is 0 Å². The van der Waals surface area contributed by atoms with Crippen LogP contribution in [0.1, 0.15) is 66.2 Å². The van der Waals surface area contributed by atoms with E-state index in [2.05, 4.69) is 20.8 Å². The van der Waals surface area contributed by atoms with Crippen LogP contribution in [0.2, 0.25) is 0 Å². The molecular weight excluding hydrogens is 270 g/mol. The van der Waals surface area contributed by atoms with E-state index in [1.807, 2.05) is 6.92 Å². The molecule has 120 valence electrons. The van der Waals surface area contributed by atoms with Gasteiger partial charge in [-0.3, -0.25) is 0 Å². The first-order chi connectivity index (χ1) is 9.28. The lowest BCUT2D eigenvalue weighted by atomic mass is 9.67. The van der Waals surface area contributed by atoms with Crippen molar-refractivity contribution in [1.29, 1.82) is 0 Å². The molecule has 20 heavy (non-hydrogen) atoms. The van der Waals surface area contributed by atoms with Gasteiger partial charge in [0.1, 0.15) is 0 Å². The lowest BCUT2D eigenvalue weighted by molar-refractivity contribution is 0.132. The van der Waals surface area contributed by atoms with Crippen LogP contribution in [0.25, 0.3) is 0 Å². The zero-order valence-corrected chi connectivity index (χ0v) is 14.5. The third kappa shape index (κ3) is 4.20. The second-order valence-corrected chi connectivity index (χ2v) is 9.45. The van der Waals surface area contributed by atoms with E-state index >= 15 is 0 Å². The van der Waals surface area contributed by atoms with E-state index in [0.717, 1.165) is 38.5 Å². The average molecular weight is 304 g/mol. The maximum Gasteiger partial charge on any atom is 0.153 e. The highest BCUT2D eigenvalue weighted by Gasteiger charge is 2.41. The maximum atomic E-state index is 12.6. The second-order valence-electron chi connectivity index (χ2n) is 7.11. The van der Waals surface area contributed by atoms with Crippen molar-refractivity contribution in [3.05, 3.63) is 0 Å². The molecule has 0 amide bonds. The lowest BCUT2D eigenvalue weighted by Crippen LogP contribution is -2.43. The van der Waals surface area contributed by atoms with E-state index in [4.69, 9.17) is 5.73 Å². The Morgan fingerprint density at radius 3 is 2.35 bits per heavy atom. The zero-order valence-electron chi connectivity index (χ0n) is 13.7. The van der Waals surface area contributed by atoms with E-state index in [0.29, 0.717) is 18.2 Å². The van der Waals surface area contributed by atoms with E-state index in [9.17, 15) is 8.42 Å². The van der Waals surface area contributed by atoms with E-state index < -0.39 is 9.84 Å². The molecule has 1 aliphatic carbocycles. The SMILES string of the molecule is CCCCS(=O)(=O)C1CC(C(C)(C)CC)CCC1CN. The summed E-state index contributed by atoms with van der Waals surface area (Å²) in [6.07, 6.45) is 5.73. The predicted molar refractivity (Wildman–Crippen MR) is 86.4 cm³/mol. The molecule has 0 aromatic heterocycles. The molecule has 0 heterocycles. The number of hydrogen-bond donors (Lipinski definition) is 1. The molecule has 2 N–H and O–H groups in total. The van der Waals surface area contributed by atoms with Crippen molar-refractivity contribution in [3.63, 3.8) is 0 Å². The lowest BCUT2D eigenvalue weighted by Gasteiger charge is -2.42. The molecule has 3 unspecified atom stereocenters. The van der Waals surface area contributed by atoms with Crippen LogP contribution in [0, 0.1) is 17.3 Å². The van der Waals surface area contributed by atoms with E-state index in [1.165, 1.54) is 0 Å². The topological polar surface area (TPSA) is 60.2 Å². The van der Waals surface area contributed by atoms with Crippen molar-refractivity contribution in [1.82, 2.24) is 0 Å². The second kappa shape index (κ2) is 7.26. The molecule has 3 atom stereocenters. The van der Waals surface area contributed by atoms with Crippen molar-refractivity contribution in [2.24, 2.45) is 23.0 Å². The van der Waals surface area contributed by atoms with Gasteiger partial charge in [0.05, 0.1) is 11.0 Å². The van der Waals surface area contributed by atoms with Gasteiger partial charge in [-0.2, -0.15) is 0 Å². The quantitative estimate of drug-likeness (QED) is 0.784. The van der Waals surface area contributed by atoms with Crippen LogP contribution < -0.4 is 5.73 Å². The molecule has 1 rings (SSSR count). The summed E-state index contributed by atoms with van der Waals surface area (Å²) < 4.78 is 25.2. The molecule has 1 fully saturated rings. The van der Waals surface area contributed by atoms with Crippen molar-refractivity contribution < 1.29 is 8.42 Å². The first-order valence-corrected chi connectivity index (χ1v) is 9.91. The van der Waals surface area contributed by atoms with Crippen LogP contribution in [0.5, 0.6) is 0 Å². The average Bonchev–Trinajstić information content (AvgIpc) is 2.44. The molecule has 0 saturated heterocycles. The van der Waals surface area contributed by atoms with Crippen LogP contribution >= 0.6 is 0 Å². The minimum absolute atomic E-state index is 0.167. The highest BCUT2D eigenvalue weighted by molar-refractivity contribution is 7.92. The summed E-state index contributed by atoms with van der Waals surface area (Å²) >= 11 is 0. The largest absolute Gasteiger partial charge is 0.330 e. The number of hydrogen-bond acceptors (Lipinski definition) is 3. The molecule has 1 aliphatic rings. The van der Waals surface area contributed by atoms with Crippen LogP contribution in [0.4, 0.5) is 0 Å². The van der Waals surface area contributed by atoms with Gasteiger partial charge in [0.2, 0.25) is 0 Å².